The minimum Gasteiger partial charge on any atom is -0.350 e. The van der Waals surface area contributed by atoms with Gasteiger partial charge in [-0.3, -0.25) is 10.1 Å². The van der Waals surface area contributed by atoms with E-state index in [4.69, 9.17) is 16.9 Å². The Kier molecular flexibility index (Phi) is 4.36. The highest BCUT2D eigenvalue weighted by molar-refractivity contribution is 6.30. The lowest BCUT2D eigenvalue weighted by Crippen LogP contribution is -2.19. The molecule has 106 valence electrons. The molecule has 0 aliphatic rings. The van der Waals surface area contributed by atoms with Crippen LogP contribution >= 0.6 is 11.6 Å². The molecule has 0 bridgehead atoms. The van der Waals surface area contributed by atoms with E-state index in [9.17, 15) is 10.1 Å². The topological polar surface area (TPSA) is 83.1 Å². The van der Waals surface area contributed by atoms with Crippen molar-refractivity contribution >= 4 is 23.1 Å². The molecule has 6 nitrogen and oxygen atoms in total. The van der Waals surface area contributed by atoms with Gasteiger partial charge in [-0.15, -0.1) is 0 Å². The van der Waals surface area contributed by atoms with Gasteiger partial charge in [-0.2, -0.15) is 5.26 Å². The average molecular weight is 303 g/mol. The summed E-state index contributed by atoms with van der Waals surface area (Å²) in [6.45, 7) is 0.392. The fourth-order valence-electron chi connectivity index (χ4n) is 1.98. The van der Waals surface area contributed by atoms with Crippen molar-refractivity contribution in [1.29, 1.82) is 5.26 Å². The van der Waals surface area contributed by atoms with Crippen LogP contribution in [0.2, 0.25) is 5.02 Å². The van der Waals surface area contributed by atoms with E-state index in [1.165, 1.54) is 12.3 Å². The third-order valence-corrected chi connectivity index (χ3v) is 3.11. The maximum Gasteiger partial charge on any atom is 0.329 e. The number of halogens is 1. The van der Waals surface area contributed by atoms with Crippen LogP contribution in [0.4, 0.5) is 11.5 Å². The monoisotopic (exact) mass is 302 g/mol. The zero-order valence-electron chi connectivity index (χ0n) is 11.2. The average Bonchev–Trinajstić information content (AvgIpc) is 2.46. The Hall–Kier alpha value is -2.65. The number of nitrogens with zero attached hydrogens (tertiary/aromatic N) is 4. The Labute approximate surface area is 126 Å². The van der Waals surface area contributed by atoms with Gasteiger partial charge in [0.2, 0.25) is 5.82 Å². The third kappa shape index (κ3) is 3.27. The van der Waals surface area contributed by atoms with Gasteiger partial charge in [0.1, 0.15) is 11.6 Å². The first-order valence-corrected chi connectivity index (χ1v) is 6.40. The zero-order valence-corrected chi connectivity index (χ0v) is 11.9. The number of rotatable bonds is 4. The molecule has 1 heterocycles. The number of aromatic nitrogens is 1. The Bertz CT molecular complexity index is 727. The molecule has 2 aromatic rings. The lowest BCUT2D eigenvalue weighted by atomic mass is 10.2. The van der Waals surface area contributed by atoms with Gasteiger partial charge in [-0.1, -0.05) is 23.7 Å². The van der Waals surface area contributed by atoms with E-state index in [0.29, 0.717) is 11.6 Å². The summed E-state index contributed by atoms with van der Waals surface area (Å²) in [5.41, 5.74) is 0.593. The van der Waals surface area contributed by atoms with Crippen molar-refractivity contribution in [3.8, 4) is 6.07 Å². The first-order chi connectivity index (χ1) is 10.0. The first-order valence-electron chi connectivity index (χ1n) is 6.02. The molecule has 0 saturated carbocycles. The quantitative estimate of drug-likeness (QED) is 0.640. The number of benzene rings is 1. The molecule has 0 atom stereocenters. The van der Waals surface area contributed by atoms with Crippen LogP contribution in [-0.4, -0.2) is 17.0 Å². The highest BCUT2D eigenvalue weighted by atomic mass is 35.5. The number of nitro groups is 1. The maximum absolute atomic E-state index is 11.2. The van der Waals surface area contributed by atoms with Crippen molar-refractivity contribution < 1.29 is 4.92 Å². The normalized spacial score (nSPS) is 9.95. The number of hydrogen-bond donors (Lipinski definition) is 0. The largest absolute Gasteiger partial charge is 0.350 e. The number of hydrogen-bond acceptors (Lipinski definition) is 5. The summed E-state index contributed by atoms with van der Waals surface area (Å²) in [6.07, 6.45) is 1.38. The molecule has 1 aromatic carbocycles. The molecule has 0 radical (unpaired) electrons. The Balaban J connectivity index is 2.38. The van der Waals surface area contributed by atoms with E-state index in [1.54, 1.807) is 30.1 Å². The van der Waals surface area contributed by atoms with Crippen molar-refractivity contribution in [3.05, 3.63) is 62.8 Å². The highest BCUT2D eigenvalue weighted by Crippen LogP contribution is 2.29. The SMILES string of the molecule is CN(Cc1cccc(Cl)c1)c1nccc(C#N)c1[N+](=O)[O-]. The minimum absolute atomic E-state index is 0.0112. The molecule has 0 spiro atoms. The Morgan fingerprint density at radius 2 is 2.24 bits per heavy atom. The molecule has 0 unspecified atom stereocenters. The van der Waals surface area contributed by atoms with Crippen molar-refractivity contribution in [2.24, 2.45) is 0 Å². The van der Waals surface area contributed by atoms with Gasteiger partial charge >= 0.3 is 5.69 Å². The predicted octanol–water partition coefficient (Wildman–Crippen LogP) is 3.15. The molecular formula is C14H11ClN4O2. The van der Waals surface area contributed by atoms with E-state index >= 15 is 0 Å². The number of nitriles is 1. The summed E-state index contributed by atoms with van der Waals surface area (Å²) in [6, 6.07) is 10.3. The van der Waals surface area contributed by atoms with Gasteiger partial charge in [-0.05, 0) is 23.8 Å². The minimum atomic E-state index is -0.588. The van der Waals surface area contributed by atoms with Crippen LogP contribution < -0.4 is 4.90 Å². The van der Waals surface area contributed by atoms with Crippen LogP contribution in [0.3, 0.4) is 0 Å². The van der Waals surface area contributed by atoms with Gasteiger partial charge in [0.05, 0.1) is 4.92 Å². The predicted molar refractivity (Wildman–Crippen MR) is 79.2 cm³/mol. The molecule has 21 heavy (non-hydrogen) atoms. The standard InChI is InChI=1S/C14H11ClN4O2/c1-18(9-10-3-2-4-12(15)7-10)14-13(19(20)21)11(8-16)5-6-17-14/h2-7H,9H2,1H3. The van der Waals surface area contributed by atoms with E-state index in [2.05, 4.69) is 4.98 Å². The highest BCUT2D eigenvalue weighted by Gasteiger charge is 2.23. The maximum atomic E-state index is 11.2. The number of pyridine rings is 1. The van der Waals surface area contributed by atoms with Crippen molar-refractivity contribution in [1.82, 2.24) is 4.98 Å². The fourth-order valence-corrected chi connectivity index (χ4v) is 2.19. The van der Waals surface area contributed by atoms with E-state index < -0.39 is 4.92 Å². The molecule has 0 N–H and O–H groups in total. The second kappa shape index (κ2) is 6.20. The number of anilines is 1. The molecule has 0 aliphatic carbocycles. The van der Waals surface area contributed by atoms with Gasteiger partial charge in [0.25, 0.3) is 0 Å². The van der Waals surface area contributed by atoms with Gasteiger partial charge in [-0.25, -0.2) is 4.98 Å². The Morgan fingerprint density at radius 3 is 2.86 bits per heavy atom. The second-order valence-electron chi connectivity index (χ2n) is 4.39. The summed E-state index contributed by atoms with van der Waals surface area (Å²) >= 11 is 5.92. The van der Waals surface area contributed by atoms with Gasteiger partial charge < -0.3 is 4.90 Å². The molecule has 2 rings (SSSR count). The summed E-state index contributed by atoms with van der Waals surface area (Å²) in [4.78, 5) is 16.2. The molecule has 0 amide bonds. The van der Waals surface area contributed by atoms with Gasteiger partial charge in [0.15, 0.2) is 0 Å². The first kappa shape index (κ1) is 14.8. The lowest BCUT2D eigenvalue weighted by Gasteiger charge is -2.18. The molecule has 0 fully saturated rings. The molecule has 7 heteroatoms. The molecule has 0 aliphatic heterocycles. The molecule has 1 aromatic heterocycles. The Morgan fingerprint density at radius 1 is 1.48 bits per heavy atom. The van der Waals surface area contributed by atoms with Gasteiger partial charge in [0, 0.05) is 24.8 Å². The van der Waals surface area contributed by atoms with Crippen LogP contribution in [0.5, 0.6) is 0 Å². The van der Waals surface area contributed by atoms with Crippen LogP contribution in [0.25, 0.3) is 0 Å². The molecule has 0 saturated heterocycles. The van der Waals surface area contributed by atoms with Crippen molar-refractivity contribution in [3.63, 3.8) is 0 Å². The van der Waals surface area contributed by atoms with E-state index in [-0.39, 0.29) is 17.1 Å². The van der Waals surface area contributed by atoms with Crippen molar-refractivity contribution in [2.75, 3.05) is 11.9 Å². The summed E-state index contributed by atoms with van der Waals surface area (Å²) in [5, 5.41) is 20.8. The van der Waals surface area contributed by atoms with Crippen LogP contribution in [-0.2, 0) is 6.54 Å². The third-order valence-electron chi connectivity index (χ3n) is 2.88. The smallest absolute Gasteiger partial charge is 0.329 e. The van der Waals surface area contributed by atoms with E-state index in [1.807, 2.05) is 12.1 Å². The van der Waals surface area contributed by atoms with Crippen LogP contribution in [0, 0.1) is 21.4 Å². The summed E-state index contributed by atoms with van der Waals surface area (Å²) in [5.74, 6) is 0.152. The van der Waals surface area contributed by atoms with E-state index in [0.717, 1.165) is 5.56 Å². The summed E-state index contributed by atoms with van der Waals surface area (Å²) < 4.78 is 0. The molecular weight excluding hydrogens is 292 g/mol. The van der Waals surface area contributed by atoms with Crippen LogP contribution in [0.15, 0.2) is 36.5 Å². The second-order valence-corrected chi connectivity index (χ2v) is 4.82. The zero-order chi connectivity index (χ0) is 15.4. The lowest BCUT2D eigenvalue weighted by molar-refractivity contribution is -0.384. The summed E-state index contributed by atoms with van der Waals surface area (Å²) in [7, 11) is 1.68. The fraction of sp³-hybridized carbons (Fsp3) is 0.143. The van der Waals surface area contributed by atoms with Crippen LogP contribution in [0.1, 0.15) is 11.1 Å². The van der Waals surface area contributed by atoms with Crippen molar-refractivity contribution in [2.45, 2.75) is 6.54 Å².